The number of carboxylic acid groups (broad SMARTS) is 1. The minimum Gasteiger partial charge on any atom is -0.465 e. The lowest BCUT2D eigenvalue weighted by Crippen LogP contribution is -2.28. The van der Waals surface area contributed by atoms with Crippen LogP contribution in [0, 0.1) is 5.41 Å². The fourth-order valence-electron chi connectivity index (χ4n) is 2.27. The van der Waals surface area contributed by atoms with Gasteiger partial charge in [-0.3, -0.25) is 21.0 Å². The minimum absolute atomic E-state index is 0.0243. The molecule has 0 radical (unpaired) electrons. The van der Waals surface area contributed by atoms with Gasteiger partial charge >= 0.3 is 12.3 Å². The summed E-state index contributed by atoms with van der Waals surface area (Å²) in [6.45, 7) is -0.0419. The van der Waals surface area contributed by atoms with Crippen molar-refractivity contribution in [3.05, 3.63) is 70.8 Å². The van der Waals surface area contributed by atoms with Crippen molar-refractivity contribution in [3.63, 3.8) is 0 Å². The molecule has 0 spiro atoms. The highest BCUT2D eigenvalue weighted by molar-refractivity contribution is 5.95. The van der Waals surface area contributed by atoms with Gasteiger partial charge in [0.15, 0.2) is 0 Å². The summed E-state index contributed by atoms with van der Waals surface area (Å²) in [6, 6.07) is 10.6. The van der Waals surface area contributed by atoms with Crippen LogP contribution in [0.4, 0.5) is 18.0 Å². The van der Waals surface area contributed by atoms with E-state index in [0.29, 0.717) is 16.7 Å². The monoisotopic (exact) mass is 367 g/mol. The van der Waals surface area contributed by atoms with Gasteiger partial charge < -0.3 is 5.11 Å². The van der Waals surface area contributed by atoms with E-state index < -0.39 is 17.8 Å². The Morgan fingerprint density at radius 3 is 1.85 bits per heavy atom. The first kappa shape index (κ1) is 19.3. The molecule has 0 unspecified atom stereocenters. The molecule has 1 amide bonds. The predicted octanol–water partition coefficient (Wildman–Crippen LogP) is 3.69. The van der Waals surface area contributed by atoms with Crippen LogP contribution in [0.2, 0.25) is 0 Å². The zero-order chi connectivity index (χ0) is 19.3. The average Bonchev–Trinajstić information content (AvgIpc) is 2.60. The molecule has 2 rings (SSSR count). The third-order valence-electron chi connectivity index (χ3n) is 3.65. The molecule has 0 bridgehead atoms. The number of hydrogen-bond acceptors (Lipinski definition) is 3. The number of alkyl halides is 3. The van der Waals surface area contributed by atoms with Crippen molar-refractivity contribution < 1.29 is 28.3 Å². The number of amidine groups is 1. The first-order chi connectivity index (χ1) is 12.2. The topological polar surface area (TPSA) is 96.7 Å². The molecule has 0 saturated heterocycles. The largest absolute Gasteiger partial charge is 0.465 e. The van der Waals surface area contributed by atoms with Crippen LogP contribution in [-0.2, 0) is 19.3 Å². The standard InChI is InChI=1S/C17H16F3N3O3/c18-17(19,20)14-7-3-12(4-8-14)10-23(16(24)25)9-11-1-5-13(6-2-11)15(21)22-26/h1-8,26H,9-10H2,(H2,21,22)(H,24,25). The van der Waals surface area contributed by atoms with Crippen molar-refractivity contribution in [1.82, 2.24) is 10.4 Å². The molecule has 2 aromatic carbocycles. The summed E-state index contributed by atoms with van der Waals surface area (Å²) in [5.41, 5.74) is 2.40. The second kappa shape index (κ2) is 7.87. The summed E-state index contributed by atoms with van der Waals surface area (Å²) in [5, 5.41) is 25.4. The Labute approximate surface area is 147 Å². The van der Waals surface area contributed by atoms with E-state index in [9.17, 15) is 23.1 Å². The summed E-state index contributed by atoms with van der Waals surface area (Å²) in [6.07, 6.45) is -5.65. The van der Waals surface area contributed by atoms with E-state index in [1.807, 2.05) is 0 Å². The van der Waals surface area contributed by atoms with Crippen LogP contribution >= 0.6 is 0 Å². The number of hydroxylamine groups is 1. The number of nitrogens with zero attached hydrogens (tertiary/aromatic N) is 1. The third kappa shape index (κ3) is 4.96. The van der Waals surface area contributed by atoms with Gasteiger partial charge in [0.2, 0.25) is 0 Å². The van der Waals surface area contributed by atoms with Crippen molar-refractivity contribution >= 4 is 11.9 Å². The van der Waals surface area contributed by atoms with E-state index in [4.69, 9.17) is 10.6 Å². The van der Waals surface area contributed by atoms with Crippen LogP contribution in [0.3, 0.4) is 0 Å². The molecular formula is C17H16F3N3O3. The fourth-order valence-corrected chi connectivity index (χ4v) is 2.27. The van der Waals surface area contributed by atoms with E-state index in [0.717, 1.165) is 17.0 Å². The second-order valence-electron chi connectivity index (χ2n) is 5.52. The number of halogens is 3. The first-order valence-corrected chi connectivity index (χ1v) is 7.42. The zero-order valence-electron chi connectivity index (χ0n) is 13.4. The maximum Gasteiger partial charge on any atom is 0.416 e. The normalized spacial score (nSPS) is 11.1. The molecule has 0 aliphatic heterocycles. The van der Waals surface area contributed by atoms with E-state index in [-0.39, 0.29) is 18.9 Å². The SMILES string of the molecule is N=C(NO)c1ccc(CN(Cc2ccc(C(F)(F)F)cc2)C(=O)O)cc1. The van der Waals surface area contributed by atoms with Gasteiger partial charge in [-0.15, -0.1) is 0 Å². The van der Waals surface area contributed by atoms with Crippen LogP contribution in [-0.4, -0.2) is 27.1 Å². The lowest BCUT2D eigenvalue weighted by Gasteiger charge is -2.20. The minimum atomic E-state index is -4.44. The lowest BCUT2D eigenvalue weighted by molar-refractivity contribution is -0.137. The van der Waals surface area contributed by atoms with Crippen molar-refractivity contribution in [2.24, 2.45) is 0 Å². The second-order valence-corrected chi connectivity index (χ2v) is 5.52. The summed E-state index contributed by atoms with van der Waals surface area (Å²) in [4.78, 5) is 12.5. The van der Waals surface area contributed by atoms with E-state index in [2.05, 4.69) is 0 Å². The highest BCUT2D eigenvalue weighted by atomic mass is 19.4. The Bertz CT molecular complexity index is 775. The molecule has 0 aliphatic carbocycles. The summed E-state index contributed by atoms with van der Waals surface area (Å²) >= 11 is 0. The maximum absolute atomic E-state index is 12.6. The Morgan fingerprint density at radius 1 is 1.00 bits per heavy atom. The van der Waals surface area contributed by atoms with Crippen LogP contribution in [0.15, 0.2) is 48.5 Å². The van der Waals surface area contributed by atoms with Crippen LogP contribution in [0.5, 0.6) is 0 Å². The van der Waals surface area contributed by atoms with Gasteiger partial charge in [0.05, 0.1) is 5.56 Å². The number of hydrogen-bond donors (Lipinski definition) is 4. The molecule has 6 nitrogen and oxygen atoms in total. The first-order valence-electron chi connectivity index (χ1n) is 7.42. The number of rotatable bonds is 5. The van der Waals surface area contributed by atoms with E-state index in [1.54, 1.807) is 29.7 Å². The highest BCUT2D eigenvalue weighted by Crippen LogP contribution is 2.29. The molecule has 138 valence electrons. The average molecular weight is 367 g/mol. The molecule has 0 atom stereocenters. The molecule has 0 heterocycles. The Morgan fingerprint density at radius 2 is 1.46 bits per heavy atom. The fraction of sp³-hybridized carbons (Fsp3) is 0.176. The molecule has 4 N–H and O–H groups in total. The molecule has 26 heavy (non-hydrogen) atoms. The maximum atomic E-state index is 12.6. The van der Waals surface area contributed by atoms with Gasteiger partial charge in [-0.2, -0.15) is 13.2 Å². The molecule has 0 aliphatic rings. The van der Waals surface area contributed by atoms with Gasteiger partial charge in [-0.25, -0.2) is 4.79 Å². The molecule has 0 saturated carbocycles. The van der Waals surface area contributed by atoms with Gasteiger partial charge in [0.25, 0.3) is 0 Å². The Balaban J connectivity index is 2.09. The lowest BCUT2D eigenvalue weighted by atomic mass is 10.1. The number of benzene rings is 2. The van der Waals surface area contributed by atoms with E-state index >= 15 is 0 Å². The van der Waals surface area contributed by atoms with Gasteiger partial charge in [0, 0.05) is 18.7 Å². The van der Waals surface area contributed by atoms with Crippen LogP contribution in [0.1, 0.15) is 22.3 Å². The number of nitrogens with one attached hydrogen (secondary N) is 2. The predicted molar refractivity (Wildman–Crippen MR) is 86.9 cm³/mol. The van der Waals surface area contributed by atoms with Crippen molar-refractivity contribution in [2.75, 3.05) is 0 Å². The van der Waals surface area contributed by atoms with Crippen LogP contribution < -0.4 is 5.48 Å². The van der Waals surface area contributed by atoms with Gasteiger partial charge in [0.1, 0.15) is 5.84 Å². The molecule has 0 fully saturated rings. The summed E-state index contributed by atoms with van der Waals surface area (Å²) in [7, 11) is 0. The Hall–Kier alpha value is -3.07. The molecule has 2 aromatic rings. The van der Waals surface area contributed by atoms with E-state index in [1.165, 1.54) is 12.1 Å². The molecular weight excluding hydrogens is 351 g/mol. The summed E-state index contributed by atoms with van der Waals surface area (Å²) < 4.78 is 37.7. The molecule has 9 heteroatoms. The smallest absolute Gasteiger partial charge is 0.416 e. The van der Waals surface area contributed by atoms with Crippen molar-refractivity contribution in [1.29, 1.82) is 5.41 Å². The third-order valence-corrected chi connectivity index (χ3v) is 3.65. The Kier molecular flexibility index (Phi) is 5.83. The number of amides is 1. The molecule has 0 aromatic heterocycles. The van der Waals surface area contributed by atoms with Crippen molar-refractivity contribution in [2.45, 2.75) is 19.3 Å². The van der Waals surface area contributed by atoms with Crippen molar-refractivity contribution in [3.8, 4) is 0 Å². The highest BCUT2D eigenvalue weighted by Gasteiger charge is 2.30. The zero-order valence-corrected chi connectivity index (χ0v) is 13.4. The number of carbonyl (C=O) groups is 1. The quantitative estimate of drug-likeness (QED) is 0.368. The summed E-state index contributed by atoms with van der Waals surface area (Å²) in [5.74, 6) is -0.198. The van der Waals surface area contributed by atoms with Crippen LogP contribution in [0.25, 0.3) is 0 Å². The van der Waals surface area contributed by atoms with Gasteiger partial charge in [-0.1, -0.05) is 36.4 Å². The van der Waals surface area contributed by atoms with Gasteiger partial charge in [-0.05, 0) is 23.3 Å².